The summed E-state index contributed by atoms with van der Waals surface area (Å²) < 4.78 is 29.1. The van der Waals surface area contributed by atoms with Crippen molar-refractivity contribution in [1.82, 2.24) is 20.1 Å². The van der Waals surface area contributed by atoms with Gasteiger partial charge in [0.1, 0.15) is 17.8 Å². The molecule has 3 heterocycles. The summed E-state index contributed by atoms with van der Waals surface area (Å²) in [6.45, 7) is 1.07. The van der Waals surface area contributed by atoms with Crippen molar-refractivity contribution in [3.05, 3.63) is 59.9 Å². The van der Waals surface area contributed by atoms with Gasteiger partial charge in [0.2, 0.25) is 11.8 Å². The van der Waals surface area contributed by atoms with Crippen LogP contribution in [0.1, 0.15) is 42.6 Å². The number of nitrogens with zero attached hydrogens (tertiary/aromatic N) is 3. The van der Waals surface area contributed by atoms with Gasteiger partial charge in [-0.15, -0.1) is 0 Å². The zero-order chi connectivity index (χ0) is 27.4. The molecule has 0 aliphatic carbocycles. The Labute approximate surface area is 219 Å². The summed E-state index contributed by atoms with van der Waals surface area (Å²) in [4.78, 5) is 59.5. The second kappa shape index (κ2) is 11.7. The number of Topliss-reactive ketones (excluding diaryl/α,β-unsaturated/α-hetero) is 1. The lowest BCUT2D eigenvalue weighted by Crippen LogP contribution is -2.53. The SMILES string of the molecule is CC(C)CC(NC(=O)c1ccc(OC(F)F)cc1)C(=O)N1CCC2C1C(=O)CN2C(=O)Cc1cccnc1. The van der Waals surface area contributed by atoms with E-state index in [1.807, 2.05) is 13.8 Å². The Bertz CT molecular complexity index is 1180. The van der Waals surface area contributed by atoms with Crippen molar-refractivity contribution in [2.24, 2.45) is 5.92 Å². The lowest BCUT2D eigenvalue weighted by molar-refractivity contribution is -0.138. The van der Waals surface area contributed by atoms with Crippen LogP contribution in [0.5, 0.6) is 5.75 Å². The molecule has 1 N–H and O–H groups in total. The summed E-state index contributed by atoms with van der Waals surface area (Å²) in [5.74, 6) is -1.36. The minimum absolute atomic E-state index is 0.0568. The summed E-state index contributed by atoms with van der Waals surface area (Å²) >= 11 is 0. The van der Waals surface area contributed by atoms with Crippen LogP contribution in [0.2, 0.25) is 0 Å². The van der Waals surface area contributed by atoms with Crippen LogP contribution in [0.15, 0.2) is 48.8 Å². The zero-order valence-corrected chi connectivity index (χ0v) is 21.2. The fraction of sp³-hybridized carbons (Fsp3) is 0.444. The van der Waals surface area contributed by atoms with Crippen LogP contribution in [-0.4, -0.2) is 76.1 Å². The molecule has 0 radical (unpaired) electrons. The molecule has 1 aromatic carbocycles. The summed E-state index contributed by atoms with van der Waals surface area (Å²) in [6, 6.07) is 6.65. The van der Waals surface area contributed by atoms with Crippen molar-refractivity contribution in [3.63, 3.8) is 0 Å². The van der Waals surface area contributed by atoms with E-state index in [1.165, 1.54) is 29.2 Å². The van der Waals surface area contributed by atoms with Gasteiger partial charge in [-0.3, -0.25) is 24.2 Å². The second-order valence-corrected chi connectivity index (χ2v) is 9.92. The van der Waals surface area contributed by atoms with Gasteiger partial charge >= 0.3 is 6.61 Å². The van der Waals surface area contributed by atoms with Crippen LogP contribution in [0.4, 0.5) is 8.78 Å². The molecule has 4 rings (SSSR count). The number of hydrogen-bond donors (Lipinski definition) is 1. The summed E-state index contributed by atoms with van der Waals surface area (Å²) in [5, 5.41) is 2.75. The molecule has 1 aromatic heterocycles. The third kappa shape index (κ3) is 6.15. The number of ether oxygens (including phenoxy) is 1. The number of likely N-dealkylation sites (tertiary alicyclic amines) is 2. The van der Waals surface area contributed by atoms with Crippen LogP contribution >= 0.6 is 0 Å². The number of pyridine rings is 1. The molecular formula is C27H30F2N4O5. The predicted molar refractivity (Wildman–Crippen MR) is 132 cm³/mol. The van der Waals surface area contributed by atoms with Crippen molar-refractivity contribution in [2.75, 3.05) is 13.1 Å². The largest absolute Gasteiger partial charge is 0.435 e. The molecule has 3 unspecified atom stereocenters. The smallest absolute Gasteiger partial charge is 0.387 e. The standard InChI is InChI=1S/C27H30F2N4O5/c1-16(2)12-20(31-25(36)18-5-7-19(8-6-18)38-27(28)29)26(37)32-11-9-21-24(32)22(34)15-33(21)23(35)13-17-4-3-10-30-14-17/h3-8,10,14,16,20-21,24,27H,9,11-13,15H2,1-2H3,(H,31,36). The fourth-order valence-corrected chi connectivity index (χ4v) is 5.09. The molecule has 2 aromatic rings. The number of amides is 3. The highest BCUT2D eigenvalue weighted by Gasteiger charge is 2.52. The Morgan fingerprint density at radius 3 is 2.50 bits per heavy atom. The minimum Gasteiger partial charge on any atom is -0.435 e. The van der Waals surface area contributed by atoms with Gasteiger partial charge in [-0.2, -0.15) is 8.78 Å². The van der Waals surface area contributed by atoms with Crippen molar-refractivity contribution >= 4 is 23.5 Å². The van der Waals surface area contributed by atoms with Gasteiger partial charge in [0.05, 0.1) is 19.0 Å². The highest BCUT2D eigenvalue weighted by atomic mass is 19.3. The highest BCUT2D eigenvalue weighted by Crippen LogP contribution is 2.31. The summed E-state index contributed by atoms with van der Waals surface area (Å²) in [6.07, 6.45) is 4.15. The van der Waals surface area contributed by atoms with Crippen molar-refractivity contribution in [1.29, 1.82) is 0 Å². The Morgan fingerprint density at radius 2 is 1.87 bits per heavy atom. The predicted octanol–water partition coefficient (Wildman–Crippen LogP) is 2.45. The molecule has 2 aliphatic rings. The molecule has 11 heteroatoms. The van der Waals surface area contributed by atoms with Crippen LogP contribution in [0.3, 0.4) is 0 Å². The van der Waals surface area contributed by atoms with E-state index in [-0.39, 0.29) is 47.8 Å². The number of benzene rings is 1. The number of alkyl halides is 2. The van der Waals surface area contributed by atoms with E-state index in [2.05, 4.69) is 15.0 Å². The van der Waals surface area contributed by atoms with Crippen LogP contribution in [0, 0.1) is 5.92 Å². The molecule has 0 spiro atoms. The van der Waals surface area contributed by atoms with Gasteiger partial charge < -0.3 is 19.9 Å². The van der Waals surface area contributed by atoms with Gasteiger partial charge in [0.15, 0.2) is 5.78 Å². The van der Waals surface area contributed by atoms with E-state index in [9.17, 15) is 28.0 Å². The third-order valence-corrected chi connectivity index (χ3v) is 6.76. The summed E-state index contributed by atoms with van der Waals surface area (Å²) in [5.41, 5.74) is 0.921. The maximum atomic E-state index is 13.6. The fourth-order valence-electron chi connectivity index (χ4n) is 5.09. The monoisotopic (exact) mass is 528 g/mol. The van der Waals surface area contributed by atoms with E-state index in [1.54, 1.807) is 29.4 Å². The van der Waals surface area contributed by atoms with Gasteiger partial charge in [-0.25, -0.2) is 0 Å². The number of carbonyl (C=O) groups excluding carboxylic acids is 4. The maximum absolute atomic E-state index is 13.6. The molecule has 0 saturated carbocycles. The average molecular weight is 529 g/mol. The first-order valence-electron chi connectivity index (χ1n) is 12.5. The van der Waals surface area contributed by atoms with Crippen LogP contribution in [0.25, 0.3) is 0 Å². The second-order valence-electron chi connectivity index (χ2n) is 9.92. The Kier molecular flexibility index (Phi) is 8.33. The average Bonchev–Trinajstić information content (AvgIpc) is 3.45. The van der Waals surface area contributed by atoms with Crippen LogP contribution < -0.4 is 10.1 Å². The Morgan fingerprint density at radius 1 is 1.13 bits per heavy atom. The number of aromatic nitrogens is 1. The molecule has 2 aliphatic heterocycles. The molecule has 38 heavy (non-hydrogen) atoms. The minimum atomic E-state index is -2.98. The Hall–Kier alpha value is -3.89. The van der Waals surface area contributed by atoms with Crippen molar-refractivity contribution < 1.29 is 32.7 Å². The van der Waals surface area contributed by atoms with E-state index < -0.39 is 30.6 Å². The quantitative estimate of drug-likeness (QED) is 0.536. The number of hydrogen-bond acceptors (Lipinski definition) is 6. The van der Waals surface area contributed by atoms with Gasteiger partial charge in [-0.05, 0) is 54.7 Å². The topological polar surface area (TPSA) is 109 Å². The van der Waals surface area contributed by atoms with Crippen molar-refractivity contribution in [2.45, 2.75) is 57.8 Å². The highest BCUT2D eigenvalue weighted by molar-refractivity contribution is 6.01. The molecule has 2 fully saturated rings. The molecule has 3 atom stereocenters. The molecule has 0 bridgehead atoms. The third-order valence-electron chi connectivity index (χ3n) is 6.76. The molecule has 9 nitrogen and oxygen atoms in total. The molecule has 2 saturated heterocycles. The van der Waals surface area contributed by atoms with Gasteiger partial charge in [-0.1, -0.05) is 19.9 Å². The first-order valence-corrected chi connectivity index (χ1v) is 12.5. The van der Waals surface area contributed by atoms with E-state index in [4.69, 9.17) is 0 Å². The lowest BCUT2D eigenvalue weighted by atomic mass is 10.0. The van der Waals surface area contributed by atoms with Crippen molar-refractivity contribution in [3.8, 4) is 5.75 Å². The van der Waals surface area contributed by atoms with E-state index in [0.717, 1.165) is 5.56 Å². The first kappa shape index (κ1) is 27.2. The van der Waals surface area contributed by atoms with E-state index in [0.29, 0.717) is 19.4 Å². The molecule has 202 valence electrons. The maximum Gasteiger partial charge on any atom is 0.387 e. The van der Waals surface area contributed by atoms with E-state index >= 15 is 0 Å². The van der Waals surface area contributed by atoms with Gasteiger partial charge in [0, 0.05) is 24.5 Å². The lowest BCUT2D eigenvalue weighted by Gasteiger charge is -2.29. The number of ketones is 1. The number of nitrogens with one attached hydrogen (secondary N) is 1. The molecular weight excluding hydrogens is 498 g/mol. The molecule has 3 amide bonds. The number of halogens is 2. The zero-order valence-electron chi connectivity index (χ0n) is 21.2. The number of carbonyl (C=O) groups is 4. The first-order chi connectivity index (χ1) is 18.1. The van der Waals surface area contributed by atoms with Crippen LogP contribution in [-0.2, 0) is 20.8 Å². The number of fused-ring (bicyclic) bond motifs is 1. The normalized spacial score (nSPS) is 19.6. The summed E-state index contributed by atoms with van der Waals surface area (Å²) in [7, 11) is 0. The Balaban J connectivity index is 1.45. The van der Waals surface area contributed by atoms with Gasteiger partial charge in [0.25, 0.3) is 5.91 Å². The number of rotatable bonds is 9.